The fraction of sp³-hybridized carbons (Fsp3) is 0.143. The average Bonchev–Trinajstić information content (AvgIpc) is 2.31. The van der Waals surface area contributed by atoms with Crippen LogP contribution in [-0.4, -0.2) is 0 Å². The lowest BCUT2D eigenvalue weighted by atomic mass is 10.0. The van der Waals surface area contributed by atoms with Crippen molar-refractivity contribution in [3.8, 4) is 11.1 Å². The summed E-state index contributed by atoms with van der Waals surface area (Å²) < 4.78 is 50.7. The first kappa shape index (κ1) is 12.6. The van der Waals surface area contributed by atoms with Crippen LogP contribution < -0.4 is 0 Å². The average molecular weight is 254 g/mol. The Morgan fingerprint density at radius 1 is 0.889 bits per heavy atom. The first-order chi connectivity index (χ1) is 8.38. The number of hydrogen-bond donors (Lipinski definition) is 0. The summed E-state index contributed by atoms with van der Waals surface area (Å²) >= 11 is 0. The van der Waals surface area contributed by atoms with Gasteiger partial charge in [0.2, 0.25) is 0 Å². The molecular weight excluding hydrogens is 244 g/mol. The number of hydrogen-bond acceptors (Lipinski definition) is 0. The number of halogens is 4. The normalized spacial score (nSPS) is 11.6. The van der Waals surface area contributed by atoms with Gasteiger partial charge in [0.15, 0.2) is 0 Å². The maximum absolute atomic E-state index is 13.6. The molecule has 0 aliphatic heterocycles. The quantitative estimate of drug-likeness (QED) is 0.640. The van der Waals surface area contributed by atoms with Gasteiger partial charge in [0.1, 0.15) is 5.82 Å². The molecule has 0 heterocycles. The highest BCUT2D eigenvalue weighted by molar-refractivity contribution is 5.65. The van der Waals surface area contributed by atoms with E-state index in [0.29, 0.717) is 11.1 Å². The van der Waals surface area contributed by atoms with Gasteiger partial charge in [-0.1, -0.05) is 23.8 Å². The van der Waals surface area contributed by atoms with E-state index in [1.807, 2.05) is 0 Å². The molecule has 0 amide bonds. The molecular formula is C14H10F4. The second kappa shape index (κ2) is 4.44. The van der Waals surface area contributed by atoms with Crippen LogP contribution in [0, 0.1) is 12.7 Å². The minimum atomic E-state index is -4.37. The molecule has 94 valence electrons. The van der Waals surface area contributed by atoms with Gasteiger partial charge in [-0.3, -0.25) is 0 Å². The van der Waals surface area contributed by atoms with Gasteiger partial charge < -0.3 is 0 Å². The van der Waals surface area contributed by atoms with E-state index in [2.05, 4.69) is 0 Å². The summed E-state index contributed by atoms with van der Waals surface area (Å²) in [6.45, 7) is 1.80. The van der Waals surface area contributed by atoms with Crippen molar-refractivity contribution in [2.75, 3.05) is 0 Å². The highest BCUT2D eigenvalue weighted by Crippen LogP contribution is 2.31. The Balaban J connectivity index is 2.43. The topological polar surface area (TPSA) is 0 Å². The van der Waals surface area contributed by atoms with Crippen LogP contribution in [0.1, 0.15) is 11.1 Å². The summed E-state index contributed by atoms with van der Waals surface area (Å²) in [6.07, 6.45) is -4.37. The number of benzene rings is 2. The standard InChI is InChI=1S/C14H10F4/c1-9-2-7-13(15)12(8-9)10-3-5-11(6-4-10)14(16,17)18/h2-8H,1H3. The molecule has 0 saturated carbocycles. The van der Waals surface area contributed by atoms with Gasteiger partial charge in [-0.05, 0) is 36.8 Å². The molecule has 2 rings (SSSR count). The van der Waals surface area contributed by atoms with E-state index in [0.717, 1.165) is 17.7 Å². The van der Waals surface area contributed by atoms with Crippen molar-refractivity contribution < 1.29 is 17.6 Å². The van der Waals surface area contributed by atoms with Crippen molar-refractivity contribution in [2.24, 2.45) is 0 Å². The third-order valence-corrected chi connectivity index (χ3v) is 2.65. The molecule has 0 unspecified atom stereocenters. The molecule has 18 heavy (non-hydrogen) atoms. The number of aryl methyl sites for hydroxylation is 1. The van der Waals surface area contributed by atoms with Gasteiger partial charge in [0.25, 0.3) is 0 Å². The minimum absolute atomic E-state index is 0.309. The minimum Gasteiger partial charge on any atom is -0.206 e. The van der Waals surface area contributed by atoms with E-state index in [1.54, 1.807) is 19.1 Å². The van der Waals surface area contributed by atoms with E-state index >= 15 is 0 Å². The van der Waals surface area contributed by atoms with Crippen LogP contribution in [0.25, 0.3) is 11.1 Å². The Labute approximate surface area is 102 Å². The molecule has 0 atom stereocenters. The largest absolute Gasteiger partial charge is 0.416 e. The second-order valence-electron chi connectivity index (χ2n) is 4.06. The lowest BCUT2D eigenvalue weighted by Crippen LogP contribution is -2.04. The SMILES string of the molecule is Cc1ccc(F)c(-c2ccc(C(F)(F)F)cc2)c1. The van der Waals surface area contributed by atoms with Crippen LogP contribution in [0.4, 0.5) is 17.6 Å². The predicted molar refractivity (Wildman–Crippen MR) is 61.6 cm³/mol. The van der Waals surface area contributed by atoms with Crippen molar-refractivity contribution in [1.82, 2.24) is 0 Å². The summed E-state index contributed by atoms with van der Waals surface area (Å²) in [6, 6.07) is 9.00. The smallest absolute Gasteiger partial charge is 0.206 e. The maximum Gasteiger partial charge on any atom is 0.416 e. The predicted octanol–water partition coefficient (Wildman–Crippen LogP) is 4.82. The molecule has 4 heteroatoms. The molecule has 0 aliphatic carbocycles. The molecule has 0 bridgehead atoms. The van der Waals surface area contributed by atoms with Crippen molar-refractivity contribution in [1.29, 1.82) is 0 Å². The molecule has 0 aromatic heterocycles. The molecule has 0 N–H and O–H groups in total. The zero-order valence-corrected chi connectivity index (χ0v) is 9.55. The Hall–Kier alpha value is -1.84. The van der Waals surface area contributed by atoms with Crippen molar-refractivity contribution in [3.63, 3.8) is 0 Å². The van der Waals surface area contributed by atoms with Crippen LogP contribution in [-0.2, 0) is 6.18 Å². The Morgan fingerprint density at radius 3 is 2.06 bits per heavy atom. The molecule has 0 fully saturated rings. The zero-order valence-electron chi connectivity index (χ0n) is 9.55. The molecule has 0 nitrogen and oxygen atoms in total. The van der Waals surface area contributed by atoms with Crippen LogP contribution in [0.15, 0.2) is 42.5 Å². The van der Waals surface area contributed by atoms with E-state index in [1.165, 1.54) is 18.2 Å². The van der Waals surface area contributed by atoms with Crippen molar-refractivity contribution >= 4 is 0 Å². The molecule has 2 aromatic carbocycles. The molecule has 0 radical (unpaired) electrons. The van der Waals surface area contributed by atoms with Crippen LogP contribution in [0.5, 0.6) is 0 Å². The second-order valence-corrected chi connectivity index (χ2v) is 4.06. The lowest BCUT2D eigenvalue weighted by Gasteiger charge is -2.08. The Morgan fingerprint density at radius 2 is 1.50 bits per heavy atom. The van der Waals surface area contributed by atoms with Crippen LogP contribution in [0.2, 0.25) is 0 Å². The van der Waals surface area contributed by atoms with Crippen LogP contribution in [0.3, 0.4) is 0 Å². The van der Waals surface area contributed by atoms with E-state index in [-0.39, 0.29) is 0 Å². The summed E-state index contributed by atoms with van der Waals surface area (Å²) in [5, 5.41) is 0. The zero-order chi connectivity index (χ0) is 13.3. The first-order valence-electron chi connectivity index (χ1n) is 5.32. The molecule has 2 aromatic rings. The Bertz CT molecular complexity index is 553. The van der Waals surface area contributed by atoms with E-state index < -0.39 is 17.6 Å². The van der Waals surface area contributed by atoms with E-state index in [4.69, 9.17) is 0 Å². The summed E-state index contributed by atoms with van der Waals surface area (Å²) in [4.78, 5) is 0. The van der Waals surface area contributed by atoms with Crippen LogP contribution >= 0.6 is 0 Å². The molecule has 0 spiro atoms. The third-order valence-electron chi connectivity index (χ3n) is 2.65. The Kier molecular flexibility index (Phi) is 3.11. The highest BCUT2D eigenvalue weighted by atomic mass is 19.4. The van der Waals surface area contributed by atoms with Gasteiger partial charge >= 0.3 is 6.18 Å². The van der Waals surface area contributed by atoms with Gasteiger partial charge in [-0.25, -0.2) is 4.39 Å². The lowest BCUT2D eigenvalue weighted by molar-refractivity contribution is -0.137. The molecule has 0 aliphatic rings. The molecule has 0 saturated heterocycles. The maximum atomic E-state index is 13.6. The van der Waals surface area contributed by atoms with Gasteiger partial charge in [0, 0.05) is 5.56 Å². The number of rotatable bonds is 1. The van der Waals surface area contributed by atoms with Crippen molar-refractivity contribution in [2.45, 2.75) is 13.1 Å². The van der Waals surface area contributed by atoms with Gasteiger partial charge in [-0.2, -0.15) is 13.2 Å². The summed E-state index contributed by atoms with van der Waals surface area (Å²) in [5.74, 6) is -0.444. The summed E-state index contributed by atoms with van der Waals surface area (Å²) in [7, 11) is 0. The van der Waals surface area contributed by atoms with Gasteiger partial charge in [0.05, 0.1) is 5.56 Å². The summed E-state index contributed by atoms with van der Waals surface area (Å²) in [5.41, 5.74) is 0.860. The first-order valence-corrected chi connectivity index (χ1v) is 5.32. The number of alkyl halides is 3. The monoisotopic (exact) mass is 254 g/mol. The highest BCUT2D eigenvalue weighted by Gasteiger charge is 2.30. The van der Waals surface area contributed by atoms with E-state index in [9.17, 15) is 17.6 Å². The third kappa shape index (κ3) is 2.53. The van der Waals surface area contributed by atoms with Gasteiger partial charge in [-0.15, -0.1) is 0 Å². The fourth-order valence-electron chi connectivity index (χ4n) is 1.70. The van der Waals surface area contributed by atoms with Crippen molar-refractivity contribution in [3.05, 3.63) is 59.4 Å². The fourth-order valence-corrected chi connectivity index (χ4v) is 1.70.